The molecule has 1 atom stereocenters. The van der Waals surface area contributed by atoms with Crippen LogP contribution in [0, 0.1) is 11.2 Å². The van der Waals surface area contributed by atoms with Gasteiger partial charge in [-0.25, -0.2) is 9.38 Å². The van der Waals surface area contributed by atoms with Gasteiger partial charge in [0.15, 0.2) is 0 Å². The Morgan fingerprint density at radius 3 is 2.39 bits per heavy atom. The highest BCUT2D eigenvalue weighted by molar-refractivity contribution is 6.30. The standard InChI is InChI=1S/C14H16ClFN2/c1-14(2,3)12-11(15)8-17-13(18-12)9-4-6-10(16)7-5-9/h4-8,12H,1-3H3,(H,17,18). The van der Waals surface area contributed by atoms with Gasteiger partial charge >= 0.3 is 0 Å². The lowest BCUT2D eigenvalue weighted by atomic mass is 9.86. The van der Waals surface area contributed by atoms with Crippen molar-refractivity contribution in [2.75, 3.05) is 0 Å². The van der Waals surface area contributed by atoms with E-state index in [0.29, 0.717) is 5.03 Å². The highest BCUT2D eigenvalue weighted by Gasteiger charge is 2.30. The highest BCUT2D eigenvalue weighted by Crippen LogP contribution is 2.29. The summed E-state index contributed by atoms with van der Waals surface area (Å²) in [4.78, 5) is 4.26. The quantitative estimate of drug-likeness (QED) is 0.824. The van der Waals surface area contributed by atoms with E-state index in [4.69, 9.17) is 11.6 Å². The fourth-order valence-corrected chi connectivity index (χ4v) is 2.27. The molecule has 1 N–H and O–H groups in total. The monoisotopic (exact) mass is 266 g/mol. The van der Waals surface area contributed by atoms with Crippen LogP contribution < -0.4 is 5.32 Å². The Morgan fingerprint density at radius 1 is 1.22 bits per heavy atom. The van der Waals surface area contributed by atoms with Gasteiger partial charge in [0, 0.05) is 11.8 Å². The van der Waals surface area contributed by atoms with Gasteiger partial charge in [-0.2, -0.15) is 0 Å². The van der Waals surface area contributed by atoms with Crippen molar-refractivity contribution >= 4 is 17.4 Å². The summed E-state index contributed by atoms with van der Waals surface area (Å²) >= 11 is 6.18. The highest BCUT2D eigenvalue weighted by atomic mass is 35.5. The summed E-state index contributed by atoms with van der Waals surface area (Å²) in [7, 11) is 0. The van der Waals surface area contributed by atoms with Crippen molar-refractivity contribution in [2.45, 2.75) is 26.8 Å². The molecule has 0 saturated heterocycles. The first kappa shape index (κ1) is 13.1. The van der Waals surface area contributed by atoms with Crippen molar-refractivity contribution in [2.24, 2.45) is 10.4 Å². The summed E-state index contributed by atoms with van der Waals surface area (Å²) < 4.78 is 12.9. The van der Waals surface area contributed by atoms with E-state index in [-0.39, 0.29) is 17.3 Å². The molecule has 96 valence electrons. The van der Waals surface area contributed by atoms with Gasteiger partial charge in [-0.15, -0.1) is 0 Å². The van der Waals surface area contributed by atoms with Gasteiger partial charge in [0.2, 0.25) is 0 Å². The number of nitrogens with zero attached hydrogens (tertiary/aromatic N) is 1. The average Bonchev–Trinajstić information content (AvgIpc) is 2.29. The molecule has 2 rings (SSSR count). The minimum atomic E-state index is -0.254. The van der Waals surface area contributed by atoms with Crippen LogP contribution in [-0.4, -0.2) is 11.9 Å². The van der Waals surface area contributed by atoms with Crippen LogP contribution in [0.15, 0.2) is 40.5 Å². The molecule has 1 heterocycles. The lowest BCUT2D eigenvalue weighted by Crippen LogP contribution is -2.45. The Hall–Kier alpha value is -1.35. The zero-order chi connectivity index (χ0) is 13.3. The third-order valence-electron chi connectivity index (χ3n) is 2.86. The van der Waals surface area contributed by atoms with Crippen molar-refractivity contribution in [3.8, 4) is 0 Å². The molecule has 0 aromatic heterocycles. The first-order valence-corrected chi connectivity index (χ1v) is 6.21. The van der Waals surface area contributed by atoms with Gasteiger partial charge in [0.1, 0.15) is 11.7 Å². The van der Waals surface area contributed by atoms with E-state index in [0.717, 1.165) is 11.4 Å². The molecular weight excluding hydrogens is 251 g/mol. The third-order valence-corrected chi connectivity index (χ3v) is 3.17. The van der Waals surface area contributed by atoms with Crippen molar-refractivity contribution in [3.05, 3.63) is 46.9 Å². The third kappa shape index (κ3) is 2.72. The molecule has 1 aromatic rings. The smallest absolute Gasteiger partial charge is 0.133 e. The van der Waals surface area contributed by atoms with E-state index >= 15 is 0 Å². The number of benzene rings is 1. The van der Waals surface area contributed by atoms with Crippen LogP contribution in [-0.2, 0) is 0 Å². The summed E-state index contributed by atoms with van der Waals surface area (Å²) in [5, 5.41) is 3.99. The van der Waals surface area contributed by atoms with Crippen LogP contribution >= 0.6 is 11.6 Å². The van der Waals surface area contributed by atoms with Gasteiger partial charge in [-0.05, 0) is 29.7 Å². The zero-order valence-electron chi connectivity index (χ0n) is 10.7. The molecule has 1 aliphatic heterocycles. The fourth-order valence-electron chi connectivity index (χ4n) is 1.84. The minimum Gasteiger partial charge on any atom is -0.361 e. The predicted molar refractivity (Wildman–Crippen MR) is 73.3 cm³/mol. The molecule has 0 spiro atoms. The molecule has 2 nitrogen and oxygen atoms in total. The van der Waals surface area contributed by atoms with E-state index in [9.17, 15) is 4.39 Å². The fraction of sp³-hybridized carbons (Fsp3) is 0.357. The summed E-state index contributed by atoms with van der Waals surface area (Å²) in [6.45, 7) is 6.32. The zero-order valence-corrected chi connectivity index (χ0v) is 11.4. The molecule has 0 bridgehead atoms. The summed E-state index contributed by atoms with van der Waals surface area (Å²) in [5.41, 5.74) is 0.834. The van der Waals surface area contributed by atoms with Gasteiger partial charge in [-0.1, -0.05) is 32.4 Å². The van der Waals surface area contributed by atoms with Crippen LogP contribution in [0.3, 0.4) is 0 Å². The van der Waals surface area contributed by atoms with E-state index in [1.165, 1.54) is 12.1 Å². The van der Waals surface area contributed by atoms with E-state index in [2.05, 4.69) is 31.1 Å². The predicted octanol–water partition coefficient (Wildman–Crippen LogP) is 3.67. The van der Waals surface area contributed by atoms with Crippen molar-refractivity contribution < 1.29 is 4.39 Å². The second-order valence-electron chi connectivity index (χ2n) is 5.44. The van der Waals surface area contributed by atoms with Crippen LogP contribution in [0.1, 0.15) is 26.3 Å². The van der Waals surface area contributed by atoms with Gasteiger partial charge in [-0.3, -0.25) is 0 Å². The van der Waals surface area contributed by atoms with E-state index in [1.54, 1.807) is 18.3 Å². The van der Waals surface area contributed by atoms with Gasteiger partial charge in [0.05, 0.1) is 11.1 Å². The molecule has 1 aliphatic rings. The number of nitrogens with one attached hydrogen (secondary N) is 1. The van der Waals surface area contributed by atoms with Crippen LogP contribution in [0.5, 0.6) is 0 Å². The molecular formula is C14H16ClFN2. The minimum absolute atomic E-state index is 0.0109. The van der Waals surface area contributed by atoms with Crippen LogP contribution in [0.4, 0.5) is 4.39 Å². The Morgan fingerprint density at radius 2 is 1.83 bits per heavy atom. The Balaban J connectivity index is 2.29. The van der Waals surface area contributed by atoms with Crippen LogP contribution in [0.2, 0.25) is 0 Å². The van der Waals surface area contributed by atoms with Crippen molar-refractivity contribution in [3.63, 3.8) is 0 Å². The van der Waals surface area contributed by atoms with E-state index in [1.807, 2.05) is 0 Å². The summed E-state index contributed by atoms with van der Waals surface area (Å²) in [6, 6.07) is 6.26. The number of rotatable bonds is 1. The molecule has 0 amide bonds. The molecule has 1 unspecified atom stereocenters. The topological polar surface area (TPSA) is 24.4 Å². The Bertz CT molecular complexity index is 498. The number of amidine groups is 1. The summed E-state index contributed by atoms with van der Waals surface area (Å²) in [6.07, 6.45) is 1.66. The van der Waals surface area contributed by atoms with Gasteiger partial charge in [0.25, 0.3) is 0 Å². The Kier molecular flexibility index (Phi) is 3.44. The first-order valence-electron chi connectivity index (χ1n) is 5.84. The number of hydrogen-bond donors (Lipinski definition) is 1. The normalized spacial score (nSPS) is 19.9. The lowest BCUT2D eigenvalue weighted by Gasteiger charge is -2.34. The summed E-state index contributed by atoms with van der Waals surface area (Å²) in [5.74, 6) is 0.468. The molecule has 0 saturated carbocycles. The number of halogens is 2. The molecule has 0 aliphatic carbocycles. The maximum atomic E-state index is 12.9. The second kappa shape index (κ2) is 4.73. The Labute approximate surface area is 112 Å². The lowest BCUT2D eigenvalue weighted by molar-refractivity contribution is 0.336. The number of aliphatic imine (C=N–C) groups is 1. The van der Waals surface area contributed by atoms with Gasteiger partial charge < -0.3 is 5.32 Å². The molecule has 4 heteroatoms. The molecule has 0 radical (unpaired) electrons. The van der Waals surface area contributed by atoms with Crippen LogP contribution in [0.25, 0.3) is 0 Å². The molecule has 1 aromatic carbocycles. The largest absolute Gasteiger partial charge is 0.361 e. The molecule has 0 fully saturated rings. The maximum absolute atomic E-state index is 12.9. The molecule has 18 heavy (non-hydrogen) atoms. The maximum Gasteiger partial charge on any atom is 0.133 e. The van der Waals surface area contributed by atoms with E-state index < -0.39 is 0 Å². The van der Waals surface area contributed by atoms with Crippen molar-refractivity contribution in [1.82, 2.24) is 5.32 Å². The number of hydrogen-bond acceptors (Lipinski definition) is 2. The van der Waals surface area contributed by atoms with Crippen molar-refractivity contribution in [1.29, 1.82) is 0 Å². The first-order chi connectivity index (χ1) is 8.38. The average molecular weight is 267 g/mol. The SMILES string of the molecule is CC(C)(C)C1NC(c2ccc(F)cc2)=NC=C1Cl. The second-order valence-corrected chi connectivity index (χ2v) is 5.88.